The van der Waals surface area contributed by atoms with Crippen LogP contribution in [0.25, 0.3) is 10.8 Å². The fraction of sp³-hybridized carbons (Fsp3) is 0.273. The molecule has 0 aliphatic carbocycles. The maximum atomic E-state index is 6.35. The number of rotatable bonds is 3. The third-order valence-electron chi connectivity index (χ3n) is 5.09. The molecule has 0 spiro atoms. The van der Waals surface area contributed by atoms with Gasteiger partial charge < -0.3 is 5.32 Å². The maximum absolute atomic E-state index is 6.35. The lowest BCUT2D eigenvalue weighted by Gasteiger charge is -2.31. The summed E-state index contributed by atoms with van der Waals surface area (Å²) in [6.07, 6.45) is 1.14. The first-order valence-corrected chi connectivity index (χ1v) is 9.86. The van der Waals surface area contributed by atoms with Crippen molar-refractivity contribution >= 4 is 34.0 Å². The van der Waals surface area contributed by atoms with Crippen molar-refractivity contribution in [3.63, 3.8) is 0 Å². The molecule has 1 saturated heterocycles. The van der Waals surface area contributed by atoms with Crippen molar-refractivity contribution in [1.82, 2.24) is 10.2 Å². The van der Waals surface area contributed by atoms with Gasteiger partial charge in [-0.1, -0.05) is 65.7 Å². The van der Waals surface area contributed by atoms with Crippen molar-refractivity contribution in [2.45, 2.75) is 12.5 Å². The van der Waals surface area contributed by atoms with Crippen LogP contribution in [0.3, 0.4) is 0 Å². The van der Waals surface area contributed by atoms with Gasteiger partial charge in [0.15, 0.2) is 0 Å². The summed E-state index contributed by atoms with van der Waals surface area (Å²) in [7, 11) is 0. The highest BCUT2D eigenvalue weighted by atomic mass is 35.5. The number of fused-ring (bicyclic) bond motifs is 1. The Morgan fingerprint density at radius 2 is 1.54 bits per heavy atom. The van der Waals surface area contributed by atoms with Gasteiger partial charge in [-0.25, -0.2) is 0 Å². The van der Waals surface area contributed by atoms with E-state index in [2.05, 4.69) is 58.7 Å². The minimum absolute atomic E-state index is 0.175. The Bertz CT molecular complexity index is 902. The molecule has 1 heterocycles. The van der Waals surface area contributed by atoms with Crippen molar-refractivity contribution in [3.05, 3.63) is 81.8 Å². The molecule has 3 aromatic rings. The van der Waals surface area contributed by atoms with Gasteiger partial charge in [0.05, 0.1) is 16.1 Å². The van der Waals surface area contributed by atoms with Crippen LogP contribution in [0.1, 0.15) is 23.6 Å². The Kier molecular flexibility index (Phi) is 5.46. The van der Waals surface area contributed by atoms with Gasteiger partial charge in [-0.15, -0.1) is 0 Å². The first kappa shape index (κ1) is 17.8. The molecule has 0 bridgehead atoms. The molecule has 1 unspecified atom stereocenters. The summed E-state index contributed by atoms with van der Waals surface area (Å²) in [4.78, 5) is 2.55. The lowest BCUT2D eigenvalue weighted by Crippen LogP contribution is -2.33. The van der Waals surface area contributed by atoms with Crippen LogP contribution in [0.5, 0.6) is 0 Å². The highest BCUT2D eigenvalue weighted by Gasteiger charge is 2.24. The van der Waals surface area contributed by atoms with Crippen LogP contribution in [0.2, 0.25) is 10.0 Å². The van der Waals surface area contributed by atoms with E-state index in [1.807, 2.05) is 12.1 Å². The van der Waals surface area contributed by atoms with E-state index >= 15 is 0 Å². The van der Waals surface area contributed by atoms with E-state index in [-0.39, 0.29) is 6.04 Å². The average molecular weight is 385 g/mol. The summed E-state index contributed by atoms with van der Waals surface area (Å²) in [5, 5.41) is 7.24. The monoisotopic (exact) mass is 384 g/mol. The molecule has 1 atom stereocenters. The van der Waals surface area contributed by atoms with Gasteiger partial charge in [0.25, 0.3) is 0 Å². The summed E-state index contributed by atoms with van der Waals surface area (Å²) < 4.78 is 0. The number of halogens is 2. The molecule has 2 nitrogen and oxygen atoms in total. The summed E-state index contributed by atoms with van der Waals surface area (Å²) in [5.74, 6) is 0. The van der Waals surface area contributed by atoms with Gasteiger partial charge in [0.1, 0.15) is 0 Å². The lowest BCUT2D eigenvalue weighted by atomic mass is 9.94. The Morgan fingerprint density at radius 1 is 0.769 bits per heavy atom. The third-order valence-corrected chi connectivity index (χ3v) is 5.83. The molecule has 134 valence electrons. The van der Waals surface area contributed by atoms with E-state index < -0.39 is 0 Å². The second-order valence-electron chi connectivity index (χ2n) is 6.82. The van der Waals surface area contributed by atoms with E-state index in [0.29, 0.717) is 10.0 Å². The van der Waals surface area contributed by atoms with Crippen LogP contribution in [-0.2, 0) is 0 Å². The predicted molar refractivity (Wildman–Crippen MR) is 111 cm³/mol. The average Bonchev–Trinajstić information content (AvgIpc) is 2.94. The molecule has 1 N–H and O–H groups in total. The summed E-state index contributed by atoms with van der Waals surface area (Å²) in [6.45, 7) is 4.15. The zero-order valence-electron chi connectivity index (χ0n) is 14.6. The maximum Gasteiger partial charge on any atom is 0.0603 e. The standard InChI is InChI=1S/C22H22Cl2N2/c23-20-9-8-19(15-21(20)24)22(26-12-3-10-25-11-13-26)18-7-6-16-4-1-2-5-17(16)14-18/h1-2,4-9,14-15,22,25H,3,10-13H2. The topological polar surface area (TPSA) is 15.3 Å². The quantitative estimate of drug-likeness (QED) is 0.638. The normalized spacial score (nSPS) is 17.2. The Hall–Kier alpha value is -1.58. The van der Waals surface area contributed by atoms with E-state index in [9.17, 15) is 0 Å². The van der Waals surface area contributed by atoms with Crippen molar-refractivity contribution in [3.8, 4) is 0 Å². The molecule has 4 heteroatoms. The fourth-order valence-electron chi connectivity index (χ4n) is 3.80. The van der Waals surface area contributed by atoms with Crippen LogP contribution in [0.4, 0.5) is 0 Å². The van der Waals surface area contributed by atoms with Gasteiger partial charge in [-0.05, 0) is 53.1 Å². The zero-order chi connectivity index (χ0) is 17.9. The molecular weight excluding hydrogens is 363 g/mol. The lowest BCUT2D eigenvalue weighted by molar-refractivity contribution is 0.241. The molecule has 26 heavy (non-hydrogen) atoms. The number of nitrogens with one attached hydrogen (secondary N) is 1. The van der Waals surface area contributed by atoms with E-state index in [0.717, 1.165) is 32.6 Å². The second kappa shape index (κ2) is 7.98. The smallest absolute Gasteiger partial charge is 0.0603 e. The van der Waals surface area contributed by atoms with Gasteiger partial charge in [-0.2, -0.15) is 0 Å². The van der Waals surface area contributed by atoms with Gasteiger partial charge in [0, 0.05) is 19.6 Å². The molecule has 0 radical (unpaired) electrons. The highest BCUT2D eigenvalue weighted by Crippen LogP contribution is 2.34. The van der Waals surface area contributed by atoms with E-state index in [1.165, 1.54) is 21.9 Å². The van der Waals surface area contributed by atoms with Crippen LogP contribution in [0, 0.1) is 0 Å². The first-order valence-electron chi connectivity index (χ1n) is 9.11. The SMILES string of the molecule is Clc1ccc(C(c2ccc3ccccc3c2)N2CCCNCC2)cc1Cl. The van der Waals surface area contributed by atoms with E-state index in [4.69, 9.17) is 23.2 Å². The number of hydrogen-bond acceptors (Lipinski definition) is 2. The van der Waals surface area contributed by atoms with Crippen LogP contribution >= 0.6 is 23.2 Å². The summed E-state index contributed by atoms with van der Waals surface area (Å²) >= 11 is 12.5. The highest BCUT2D eigenvalue weighted by molar-refractivity contribution is 6.42. The molecular formula is C22H22Cl2N2. The molecule has 0 aromatic heterocycles. The number of nitrogens with zero attached hydrogens (tertiary/aromatic N) is 1. The van der Waals surface area contributed by atoms with Gasteiger partial charge in [-0.3, -0.25) is 4.90 Å². The van der Waals surface area contributed by atoms with Crippen LogP contribution in [-0.4, -0.2) is 31.1 Å². The largest absolute Gasteiger partial charge is 0.315 e. The summed E-state index contributed by atoms with van der Waals surface area (Å²) in [6, 6.07) is 21.5. The molecule has 0 amide bonds. The number of hydrogen-bond donors (Lipinski definition) is 1. The second-order valence-corrected chi connectivity index (χ2v) is 7.64. The molecule has 4 rings (SSSR count). The third kappa shape index (κ3) is 3.74. The minimum atomic E-state index is 0.175. The van der Waals surface area contributed by atoms with Crippen molar-refractivity contribution in [2.24, 2.45) is 0 Å². The first-order chi connectivity index (χ1) is 12.7. The van der Waals surface area contributed by atoms with E-state index in [1.54, 1.807) is 0 Å². The number of benzene rings is 3. The Labute approximate surface area is 164 Å². The molecule has 1 fully saturated rings. The van der Waals surface area contributed by atoms with Gasteiger partial charge >= 0.3 is 0 Å². The van der Waals surface area contributed by atoms with Crippen molar-refractivity contribution < 1.29 is 0 Å². The fourth-order valence-corrected chi connectivity index (χ4v) is 4.11. The predicted octanol–water partition coefficient (Wildman–Crippen LogP) is 5.53. The minimum Gasteiger partial charge on any atom is -0.315 e. The summed E-state index contributed by atoms with van der Waals surface area (Å²) in [5.41, 5.74) is 2.49. The zero-order valence-corrected chi connectivity index (χ0v) is 16.1. The van der Waals surface area contributed by atoms with Gasteiger partial charge in [0.2, 0.25) is 0 Å². The Morgan fingerprint density at radius 3 is 2.38 bits per heavy atom. The van der Waals surface area contributed by atoms with Crippen LogP contribution < -0.4 is 5.32 Å². The molecule has 3 aromatic carbocycles. The Balaban J connectivity index is 1.81. The molecule has 0 saturated carbocycles. The van der Waals surface area contributed by atoms with Crippen molar-refractivity contribution in [1.29, 1.82) is 0 Å². The molecule has 1 aliphatic heterocycles. The van der Waals surface area contributed by atoms with Crippen LogP contribution in [0.15, 0.2) is 60.7 Å². The molecule has 1 aliphatic rings. The van der Waals surface area contributed by atoms with Crippen molar-refractivity contribution in [2.75, 3.05) is 26.2 Å².